The van der Waals surface area contributed by atoms with Crippen molar-refractivity contribution in [2.24, 2.45) is 0 Å². The molecule has 0 aliphatic carbocycles. The standard InChI is InChI=1S/C20H18F3N3O4/c21-20(22,23)12-2-1-3-13(8-12)24-19(28)25-14-9-18(27)26(11-14)15-4-5-16-17(10-15)30-7-6-29-16/h1-5,8,10,14H,6-7,9,11H2,(H2,24,25,28). The minimum absolute atomic E-state index is 0.00957. The molecule has 0 radical (unpaired) electrons. The topological polar surface area (TPSA) is 79.9 Å². The Hall–Kier alpha value is -3.43. The molecule has 2 heterocycles. The summed E-state index contributed by atoms with van der Waals surface area (Å²) in [5.74, 6) is 0.966. The predicted octanol–water partition coefficient (Wildman–Crippen LogP) is 3.40. The molecule has 1 fully saturated rings. The van der Waals surface area contributed by atoms with Crippen molar-refractivity contribution < 1.29 is 32.2 Å². The summed E-state index contributed by atoms with van der Waals surface area (Å²) >= 11 is 0. The van der Waals surface area contributed by atoms with Gasteiger partial charge in [-0.15, -0.1) is 0 Å². The highest BCUT2D eigenvalue weighted by Gasteiger charge is 2.33. The van der Waals surface area contributed by atoms with Crippen LogP contribution in [-0.2, 0) is 11.0 Å². The van der Waals surface area contributed by atoms with Gasteiger partial charge >= 0.3 is 12.2 Å². The van der Waals surface area contributed by atoms with Crippen LogP contribution in [0.15, 0.2) is 42.5 Å². The largest absolute Gasteiger partial charge is 0.486 e. The van der Waals surface area contributed by atoms with Gasteiger partial charge in [0.25, 0.3) is 0 Å². The number of anilines is 2. The van der Waals surface area contributed by atoms with Gasteiger partial charge in [-0.2, -0.15) is 13.2 Å². The van der Waals surface area contributed by atoms with Crippen LogP contribution in [0.2, 0.25) is 0 Å². The molecule has 1 saturated heterocycles. The quantitative estimate of drug-likeness (QED) is 0.796. The Bertz CT molecular complexity index is 980. The summed E-state index contributed by atoms with van der Waals surface area (Å²) in [5, 5.41) is 5.00. The molecule has 10 heteroatoms. The number of carbonyl (C=O) groups excluding carboxylic acids is 2. The van der Waals surface area contributed by atoms with Gasteiger partial charge in [0, 0.05) is 30.4 Å². The number of amides is 3. The first-order valence-electron chi connectivity index (χ1n) is 9.24. The molecule has 158 valence electrons. The first-order chi connectivity index (χ1) is 14.3. The van der Waals surface area contributed by atoms with Crippen LogP contribution in [0.5, 0.6) is 11.5 Å². The lowest BCUT2D eigenvalue weighted by Crippen LogP contribution is -2.39. The zero-order valence-electron chi connectivity index (χ0n) is 15.7. The maximum Gasteiger partial charge on any atom is 0.416 e. The summed E-state index contributed by atoms with van der Waals surface area (Å²) in [6, 6.07) is 8.32. The van der Waals surface area contributed by atoms with Gasteiger partial charge < -0.3 is 25.0 Å². The van der Waals surface area contributed by atoms with E-state index in [0.29, 0.717) is 30.4 Å². The van der Waals surface area contributed by atoms with Gasteiger partial charge in [-0.25, -0.2) is 4.79 Å². The molecular weight excluding hydrogens is 403 g/mol. The van der Waals surface area contributed by atoms with E-state index in [1.54, 1.807) is 18.2 Å². The molecule has 2 aromatic rings. The molecule has 4 rings (SSSR count). The fourth-order valence-electron chi connectivity index (χ4n) is 3.38. The summed E-state index contributed by atoms with van der Waals surface area (Å²) < 4.78 is 49.4. The third kappa shape index (κ3) is 4.27. The maximum absolute atomic E-state index is 12.8. The van der Waals surface area contributed by atoms with Crippen molar-refractivity contribution in [1.82, 2.24) is 5.32 Å². The number of halogens is 3. The van der Waals surface area contributed by atoms with E-state index in [-0.39, 0.29) is 24.6 Å². The molecule has 7 nitrogen and oxygen atoms in total. The minimum atomic E-state index is -4.50. The average Bonchev–Trinajstić information content (AvgIpc) is 3.07. The van der Waals surface area contributed by atoms with Crippen LogP contribution in [0.4, 0.5) is 29.3 Å². The van der Waals surface area contributed by atoms with E-state index in [4.69, 9.17) is 9.47 Å². The Kier molecular flexibility index (Phi) is 5.15. The monoisotopic (exact) mass is 421 g/mol. The van der Waals surface area contributed by atoms with E-state index in [9.17, 15) is 22.8 Å². The van der Waals surface area contributed by atoms with E-state index in [2.05, 4.69) is 10.6 Å². The SMILES string of the molecule is O=C(Nc1cccc(C(F)(F)F)c1)NC1CC(=O)N(c2ccc3c(c2)OCCO3)C1. The fourth-order valence-corrected chi connectivity index (χ4v) is 3.38. The van der Waals surface area contributed by atoms with E-state index in [1.807, 2.05) is 0 Å². The first kappa shape index (κ1) is 19.9. The van der Waals surface area contributed by atoms with Crippen molar-refractivity contribution in [2.75, 3.05) is 30.0 Å². The van der Waals surface area contributed by atoms with Gasteiger partial charge in [0.1, 0.15) is 13.2 Å². The van der Waals surface area contributed by atoms with E-state index < -0.39 is 23.8 Å². The first-order valence-corrected chi connectivity index (χ1v) is 9.24. The van der Waals surface area contributed by atoms with Crippen LogP contribution >= 0.6 is 0 Å². The second kappa shape index (κ2) is 7.77. The third-order valence-corrected chi connectivity index (χ3v) is 4.75. The van der Waals surface area contributed by atoms with Gasteiger partial charge in [-0.3, -0.25) is 4.79 Å². The van der Waals surface area contributed by atoms with Crippen LogP contribution in [-0.4, -0.2) is 37.7 Å². The number of hydrogen-bond donors (Lipinski definition) is 2. The van der Waals surface area contributed by atoms with E-state index in [0.717, 1.165) is 12.1 Å². The molecule has 2 aromatic carbocycles. The Morgan fingerprint density at radius 2 is 1.83 bits per heavy atom. The number of urea groups is 1. The number of ether oxygens (including phenoxy) is 2. The smallest absolute Gasteiger partial charge is 0.416 e. The lowest BCUT2D eigenvalue weighted by atomic mass is 10.2. The van der Waals surface area contributed by atoms with Gasteiger partial charge in [-0.1, -0.05) is 6.07 Å². The number of hydrogen-bond acceptors (Lipinski definition) is 4. The normalized spacial score (nSPS) is 18.3. The number of carbonyl (C=O) groups is 2. The summed E-state index contributed by atoms with van der Waals surface area (Å²) in [4.78, 5) is 26.1. The number of fused-ring (bicyclic) bond motifs is 1. The molecule has 0 aromatic heterocycles. The average molecular weight is 421 g/mol. The molecule has 2 aliphatic rings. The zero-order chi connectivity index (χ0) is 21.3. The van der Waals surface area contributed by atoms with Crippen molar-refractivity contribution in [3.05, 3.63) is 48.0 Å². The molecule has 0 spiro atoms. The number of benzene rings is 2. The Morgan fingerprint density at radius 1 is 1.07 bits per heavy atom. The summed E-state index contributed by atoms with van der Waals surface area (Å²) in [6.07, 6.45) is -4.43. The molecule has 30 heavy (non-hydrogen) atoms. The van der Waals surface area contributed by atoms with Crippen molar-refractivity contribution in [2.45, 2.75) is 18.6 Å². The second-order valence-electron chi connectivity index (χ2n) is 6.91. The van der Waals surface area contributed by atoms with Crippen molar-refractivity contribution >= 4 is 23.3 Å². The number of rotatable bonds is 3. The van der Waals surface area contributed by atoms with Crippen molar-refractivity contribution in [3.8, 4) is 11.5 Å². The fraction of sp³-hybridized carbons (Fsp3) is 0.300. The zero-order valence-corrected chi connectivity index (χ0v) is 15.7. The molecule has 1 atom stereocenters. The molecule has 1 unspecified atom stereocenters. The lowest BCUT2D eigenvalue weighted by molar-refractivity contribution is -0.137. The van der Waals surface area contributed by atoms with Gasteiger partial charge in [0.2, 0.25) is 5.91 Å². The van der Waals surface area contributed by atoms with Crippen LogP contribution in [0.1, 0.15) is 12.0 Å². The van der Waals surface area contributed by atoms with E-state index >= 15 is 0 Å². The number of nitrogens with zero attached hydrogens (tertiary/aromatic N) is 1. The summed E-state index contributed by atoms with van der Waals surface area (Å²) in [7, 11) is 0. The molecule has 2 N–H and O–H groups in total. The minimum Gasteiger partial charge on any atom is -0.486 e. The van der Waals surface area contributed by atoms with Gasteiger partial charge in [0.05, 0.1) is 11.6 Å². The highest BCUT2D eigenvalue weighted by atomic mass is 19.4. The van der Waals surface area contributed by atoms with Crippen LogP contribution < -0.4 is 25.0 Å². The lowest BCUT2D eigenvalue weighted by Gasteiger charge is -2.22. The Balaban J connectivity index is 1.38. The van der Waals surface area contributed by atoms with Gasteiger partial charge in [0.15, 0.2) is 11.5 Å². The third-order valence-electron chi connectivity index (χ3n) is 4.75. The molecule has 0 bridgehead atoms. The number of alkyl halides is 3. The number of nitrogens with one attached hydrogen (secondary N) is 2. The summed E-state index contributed by atoms with van der Waals surface area (Å²) in [5.41, 5.74) is -0.233. The maximum atomic E-state index is 12.8. The van der Waals surface area contributed by atoms with Crippen LogP contribution in [0, 0.1) is 0 Å². The Morgan fingerprint density at radius 3 is 2.60 bits per heavy atom. The molecular formula is C20H18F3N3O4. The highest BCUT2D eigenvalue weighted by Crippen LogP contribution is 2.35. The Labute approximate surface area is 169 Å². The van der Waals surface area contributed by atoms with E-state index in [1.165, 1.54) is 17.0 Å². The predicted molar refractivity (Wildman–Crippen MR) is 102 cm³/mol. The summed E-state index contributed by atoms with van der Waals surface area (Å²) in [6.45, 7) is 1.11. The second-order valence-corrected chi connectivity index (χ2v) is 6.91. The molecule has 3 amide bonds. The van der Waals surface area contributed by atoms with Crippen molar-refractivity contribution in [1.29, 1.82) is 0 Å². The van der Waals surface area contributed by atoms with Crippen LogP contribution in [0.25, 0.3) is 0 Å². The van der Waals surface area contributed by atoms with Gasteiger partial charge in [-0.05, 0) is 30.3 Å². The highest BCUT2D eigenvalue weighted by molar-refractivity contribution is 5.98. The van der Waals surface area contributed by atoms with Crippen molar-refractivity contribution in [3.63, 3.8) is 0 Å². The molecule has 2 aliphatic heterocycles. The molecule has 0 saturated carbocycles. The van der Waals surface area contributed by atoms with Crippen LogP contribution in [0.3, 0.4) is 0 Å².